The maximum absolute atomic E-state index is 6.13. The summed E-state index contributed by atoms with van der Waals surface area (Å²) in [5.74, 6) is 0. The maximum atomic E-state index is 6.13. The summed E-state index contributed by atoms with van der Waals surface area (Å²) >= 11 is 12.3. The first-order valence-corrected chi connectivity index (χ1v) is 10.6. The maximum Gasteiger partial charge on any atom is 0.104 e. The van der Waals surface area contributed by atoms with E-state index in [1.54, 1.807) is 0 Å². The van der Waals surface area contributed by atoms with Crippen molar-refractivity contribution in [3.8, 4) is 0 Å². The number of hydrogen-bond acceptors (Lipinski definition) is 0. The van der Waals surface area contributed by atoms with Crippen LogP contribution < -0.4 is 15.9 Å². The van der Waals surface area contributed by atoms with Crippen LogP contribution in [-0.4, -0.2) is 25.6 Å². The van der Waals surface area contributed by atoms with Gasteiger partial charge in [-0.25, -0.2) is 0 Å². The molecule has 134 valence electrons. The molecule has 3 rings (SSSR count). The molecule has 0 radical (unpaired) electrons. The minimum absolute atomic E-state index is 0.672. The topological polar surface area (TPSA) is 0 Å². The van der Waals surface area contributed by atoms with Crippen LogP contribution in [0.15, 0.2) is 72.8 Å². The largest absolute Gasteiger partial charge is 0.327 e. The summed E-state index contributed by atoms with van der Waals surface area (Å²) in [6, 6.07) is 25.3. The molecule has 0 amide bonds. The van der Waals surface area contributed by atoms with Crippen LogP contribution >= 0.6 is 31.1 Å². The normalized spacial score (nSPS) is 11.8. The lowest BCUT2D eigenvalue weighted by molar-refractivity contribution is -0.883. The summed E-state index contributed by atoms with van der Waals surface area (Å²) in [5, 5.41) is 5.50. The molecule has 0 spiro atoms. The van der Waals surface area contributed by atoms with Crippen LogP contribution in [0.2, 0.25) is 10.0 Å². The van der Waals surface area contributed by atoms with Gasteiger partial charge >= 0.3 is 0 Å². The highest BCUT2D eigenvalue weighted by Gasteiger charge is 2.22. The summed E-state index contributed by atoms with van der Waals surface area (Å²) in [6.45, 7) is 0.982. The van der Waals surface area contributed by atoms with Crippen LogP contribution in [-0.2, 0) is 6.54 Å². The van der Waals surface area contributed by atoms with Crippen LogP contribution in [0.3, 0.4) is 0 Å². The molecule has 0 saturated carbocycles. The van der Waals surface area contributed by atoms with Crippen LogP contribution in [0.5, 0.6) is 0 Å². The fraction of sp³-hybridized carbons (Fsp3) is 0.182. The average Bonchev–Trinajstić information content (AvgIpc) is 2.58. The Morgan fingerprint density at radius 1 is 0.692 bits per heavy atom. The predicted octanol–water partition coefficient (Wildman–Crippen LogP) is 4.96. The van der Waals surface area contributed by atoms with Gasteiger partial charge in [0.2, 0.25) is 0 Å². The first-order valence-electron chi connectivity index (χ1n) is 8.53. The standard InChI is InChI=1S/C22H23Cl2NP/c1-25(2,3)16-17-6-4-5-7-22(17)26(20-12-8-18(23)9-13-20)21-14-10-19(24)11-15-21/h4-15H,16H2,1-3H3/q+1. The molecule has 0 unspecified atom stereocenters. The molecule has 0 bridgehead atoms. The Hall–Kier alpha value is -1.37. The summed E-state index contributed by atoms with van der Waals surface area (Å²) in [5.41, 5.74) is 1.39. The van der Waals surface area contributed by atoms with Crippen molar-refractivity contribution in [3.63, 3.8) is 0 Å². The Morgan fingerprint density at radius 3 is 1.62 bits per heavy atom. The highest BCUT2D eigenvalue weighted by atomic mass is 35.5. The highest BCUT2D eigenvalue weighted by molar-refractivity contribution is 7.79. The van der Waals surface area contributed by atoms with Gasteiger partial charge in [-0.2, -0.15) is 0 Å². The Morgan fingerprint density at radius 2 is 1.15 bits per heavy atom. The smallest absolute Gasteiger partial charge is 0.104 e. The van der Waals surface area contributed by atoms with Crippen molar-refractivity contribution in [1.82, 2.24) is 0 Å². The molecule has 0 atom stereocenters. The van der Waals surface area contributed by atoms with E-state index in [0.29, 0.717) is 0 Å². The molecule has 0 fully saturated rings. The molecule has 4 heteroatoms. The molecule has 0 aromatic heterocycles. The Bertz CT molecular complexity index is 822. The van der Waals surface area contributed by atoms with E-state index in [9.17, 15) is 0 Å². The molecule has 0 saturated heterocycles. The van der Waals surface area contributed by atoms with Gasteiger partial charge in [-0.15, -0.1) is 0 Å². The van der Waals surface area contributed by atoms with Gasteiger partial charge in [0.25, 0.3) is 0 Å². The molecule has 1 nitrogen and oxygen atoms in total. The van der Waals surface area contributed by atoms with Gasteiger partial charge < -0.3 is 4.48 Å². The third-order valence-corrected chi connectivity index (χ3v) is 7.10. The molecule has 0 N–H and O–H groups in total. The van der Waals surface area contributed by atoms with E-state index in [2.05, 4.69) is 69.7 Å². The number of rotatable bonds is 5. The van der Waals surface area contributed by atoms with E-state index in [4.69, 9.17) is 23.2 Å². The van der Waals surface area contributed by atoms with Crippen molar-refractivity contribution in [2.24, 2.45) is 0 Å². The Kier molecular flexibility index (Phi) is 6.05. The lowest BCUT2D eigenvalue weighted by atomic mass is 10.2. The van der Waals surface area contributed by atoms with Crippen molar-refractivity contribution < 1.29 is 4.48 Å². The second kappa shape index (κ2) is 8.11. The summed E-state index contributed by atoms with van der Waals surface area (Å²) in [6.07, 6.45) is 0. The van der Waals surface area contributed by atoms with Crippen LogP contribution in [0.1, 0.15) is 5.56 Å². The molecule has 3 aromatic carbocycles. The third-order valence-electron chi connectivity index (χ3n) is 4.05. The number of quaternary nitrogens is 1. The van der Waals surface area contributed by atoms with Gasteiger partial charge in [-0.1, -0.05) is 71.7 Å². The number of benzene rings is 3. The SMILES string of the molecule is C[N+](C)(C)Cc1ccccc1P(c1ccc(Cl)cc1)c1ccc(Cl)cc1. The van der Waals surface area contributed by atoms with E-state index >= 15 is 0 Å². The third kappa shape index (κ3) is 4.87. The van der Waals surface area contributed by atoms with Crippen molar-refractivity contribution >= 4 is 47.0 Å². The number of hydrogen-bond donors (Lipinski definition) is 0. The minimum atomic E-state index is -0.672. The summed E-state index contributed by atoms with van der Waals surface area (Å²) < 4.78 is 0.890. The van der Waals surface area contributed by atoms with Gasteiger partial charge in [0, 0.05) is 15.6 Å². The van der Waals surface area contributed by atoms with Crippen LogP contribution in [0.4, 0.5) is 0 Å². The molecule has 26 heavy (non-hydrogen) atoms. The molecule has 0 heterocycles. The van der Waals surface area contributed by atoms with E-state index in [0.717, 1.165) is 21.1 Å². The molecule has 0 aliphatic heterocycles. The van der Waals surface area contributed by atoms with Gasteiger partial charge in [0.1, 0.15) is 6.54 Å². The second-order valence-electron chi connectivity index (χ2n) is 7.37. The van der Waals surface area contributed by atoms with Gasteiger partial charge in [0.05, 0.1) is 21.1 Å². The van der Waals surface area contributed by atoms with E-state index < -0.39 is 7.92 Å². The Balaban J connectivity index is 2.15. The van der Waals surface area contributed by atoms with Crippen molar-refractivity contribution in [3.05, 3.63) is 88.4 Å². The first kappa shape index (κ1) is 19.4. The monoisotopic (exact) mass is 402 g/mol. The van der Waals surface area contributed by atoms with E-state index in [1.807, 2.05) is 24.3 Å². The zero-order chi connectivity index (χ0) is 18.7. The van der Waals surface area contributed by atoms with Crippen molar-refractivity contribution in [2.45, 2.75) is 6.54 Å². The Labute approximate surface area is 167 Å². The second-order valence-corrected chi connectivity index (χ2v) is 10.4. The van der Waals surface area contributed by atoms with E-state index in [1.165, 1.54) is 21.5 Å². The fourth-order valence-corrected chi connectivity index (χ4v) is 5.65. The molecule has 0 aliphatic carbocycles. The lowest BCUT2D eigenvalue weighted by Crippen LogP contribution is -2.36. The van der Waals surface area contributed by atoms with Gasteiger partial charge in [-0.3, -0.25) is 0 Å². The zero-order valence-electron chi connectivity index (χ0n) is 15.3. The molecule has 0 aliphatic rings. The first-order chi connectivity index (χ1) is 12.3. The number of halogens is 2. The highest BCUT2D eigenvalue weighted by Crippen LogP contribution is 2.35. The number of nitrogens with zero attached hydrogens (tertiary/aromatic N) is 1. The minimum Gasteiger partial charge on any atom is -0.327 e. The van der Waals surface area contributed by atoms with Crippen LogP contribution in [0, 0.1) is 0 Å². The predicted molar refractivity (Wildman–Crippen MR) is 117 cm³/mol. The summed E-state index contributed by atoms with van der Waals surface area (Å²) in [4.78, 5) is 0. The van der Waals surface area contributed by atoms with Crippen molar-refractivity contribution in [2.75, 3.05) is 21.1 Å². The van der Waals surface area contributed by atoms with Crippen LogP contribution in [0.25, 0.3) is 0 Å². The lowest BCUT2D eigenvalue weighted by Gasteiger charge is -2.28. The van der Waals surface area contributed by atoms with E-state index in [-0.39, 0.29) is 0 Å². The quantitative estimate of drug-likeness (QED) is 0.418. The van der Waals surface area contributed by atoms with Gasteiger partial charge in [0.15, 0.2) is 0 Å². The van der Waals surface area contributed by atoms with Gasteiger partial charge in [-0.05, 0) is 48.1 Å². The summed E-state index contributed by atoms with van der Waals surface area (Å²) in [7, 11) is 6.01. The van der Waals surface area contributed by atoms with Crippen molar-refractivity contribution in [1.29, 1.82) is 0 Å². The average molecular weight is 403 g/mol. The zero-order valence-corrected chi connectivity index (χ0v) is 17.7. The molecule has 3 aromatic rings. The fourth-order valence-electron chi connectivity index (χ4n) is 2.98. The molecular formula is C22H23Cl2NP+. The molecular weight excluding hydrogens is 380 g/mol.